The van der Waals surface area contributed by atoms with E-state index in [9.17, 15) is 4.79 Å². The molecule has 0 aliphatic carbocycles. The summed E-state index contributed by atoms with van der Waals surface area (Å²) in [6.07, 6.45) is 3.33. The van der Waals surface area contributed by atoms with Crippen LogP contribution in [-0.2, 0) is 0 Å². The molecule has 0 spiro atoms. The molecule has 7 heteroatoms. The Morgan fingerprint density at radius 1 is 1.21 bits per heavy atom. The van der Waals surface area contributed by atoms with E-state index >= 15 is 0 Å². The zero-order valence-corrected chi connectivity index (χ0v) is 14.9. The average molecular weight is 386 g/mol. The van der Waals surface area contributed by atoms with E-state index in [4.69, 9.17) is 0 Å². The minimum absolute atomic E-state index is 0.201. The summed E-state index contributed by atoms with van der Waals surface area (Å²) in [6, 6.07) is 10.9. The summed E-state index contributed by atoms with van der Waals surface area (Å²) in [5.74, 6) is 1.05. The summed E-state index contributed by atoms with van der Waals surface area (Å²) in [5.41, 5.74) is 1.25. The van der Waals surface area contributed by atoms with Crippen LogP contribution in [-0.4, -0.2) is 25.7 Å². The molecule has 0 aliphatic heterocycles. The van der Waals surface area contributed by atoms with Crippen LogP contribution < -0.4 is 5.32 Å². The van der Waals surface area contributed by atoms with Crippen LogP contribution in [0.2, 0.25) is 0 Å². The largest absolute Gasteiger partial charge is 0.305 e. The van der Waals surface area contributed by atoms with Gasteiger partial charge in [-0.05, 0) is 52.2 Å². The number of aromatic nitrogens is 4. The van der Waals surface area contributed by atoms with E-state index in [2.05, 4.69) is 50.2 Å². The van der Waals surface area contributed by atoms with Crippen molar-refractivity contribution in [2.24, 2.45) is 0 Å². The molecular weight excluding hydrogens is 370 g/mol. The van der Waals surface area contributed by atoms with Gasteiger partial charge in [-0.3, -0.25) is 4.79 Å². The van der Waals surface area contributed by atoms with Gasteiger partial charge in [0.25, 0.3) is 5.91 Å². The summed E-state index contributed by atoms with van der Waals surface area (Å²) in [4.78, 5) is 20.9. The smallest absolute Gasteiger partial charge is 0.277 e. The van der Waals surface area contributed by atoms with Crippen LogP contribution in [0.25, 0.3) is 5.82 Å². The summed E-state index contributed by atoms with van der Waals surface area (Å²) in [5, 5.41) is 7.17. The first kappa shape index (κ1) is 16.3. The molecule has 1 amide bonds. The predicted octanol–water partition coefficient (Wildman–Crippen LogP) is 3.80. The van der Waals surface area contributed by atoms with Gasteiger partial charge >= 0.3 is 0 Å². The molecule has 3 aromatic heterocycles. The molecule has 3 heterocycles. The van der Waals surface area contributed by atoms with Crippen molar-refractivity contribution in [3.05, 3.63) is 64.7 Å². The number of carbonyl (C=O) groups is 1. The van der Waals surface area contributed by atoms with E-state index < -0.39 is 0 Å². The number of hydrogen-bond donors (Lipinski definition) is 1. The van der Waals surface area contributed by atoms with Gasteiger partial charge < -0.3 is 5.32 Å². The second-order valence-electron chi connectivity index (χ2n) is 5.52. The van der Waals surface area contributed by atoms with E-state index in [1.807, 2.05) is 24.3 Å². The van der Waals surface area contributed by atoms with Gasteiger partial charge in [0.15, 0.2) is 11.5 Å². The minimum Gasteiger partial charge on any atom is -0.305 e. The summed E-state index contributed by atoms with van der Waals surface area (Å²) < 4.78 is 2.55. The molecule has 0 fully saturated rings. The molecule has 3 aromatic rings. The van der Waals surface area contributed by atoms with E-state index in [1.165, 1.54) is 0 Å². The number of anilines is 1. The summed E-state index contributed by atoms with van der Waals surface area (Å²) in [7, 11) is 0. The number of pyridine rings is 2. The fourth-order valence-corrected chi connectivity index (χ4v) is 2.44. The number of halogens is 1. The number of nitrogens with one attached hydrogen (secondary N) is 1. The van der Waals surface area contributed by atoms with Crippen LogP contribution >= 0.6 is 15.9 Å². The van der Waals surface area contributed by atoms with E-state index in [0.29, 0.717) is 17.3 Å². The maximum absolute atomic E-state index is 12.5. The van der Waals surface area contributed by atoms with Crippen molar-refractivity contribution in [1.82, 2.24) is 19.7 Å². The number of rotatable bonds is 4. The standard InChI is InChI=1S/C17H16BrN5O/c1-11(2)14-9-13(22-23(14)16-5-3-4-8-19-16)17(24)21-15-7-6-12(18)10-20-15/h3-11H,1-2H3,(H,20,21,24). The molecule has 0 aliphatic rings. The first-order valence-electron chi connectivity index (χ1n) is 7.49. The summed E-state index contributed by atoms with van der Waals surface area (Å²) >= 11 is 3.31. The molecule has 0 unspecified atom stereocenters. The number of amides is 1. The molecule has 0 saturated carbocycles. The lowest BCUT2D eigenvalue weighted by Crippen LogP contribution is -2.14. The lowest BCUT2D eigenvalue weighted by molar-refractivity contribution is 0.102. The van der Waals surface area contributed by atoms with Crippen molar-refractivity contribution in [3.8, 4) is 5.82 Å². The van der Waals surface area contributed by atoms with Crippen molar-refractivity contribution in [2.45, 2.75) is 19.8 Å². The van der Waals surface area contributed by atoms with Crippen molar-refractivity contribution in [2.75, 3.05) is 5.32 Å². The molecule has 24 heavy (non-hydrogen) atoms. The normalized spacial score (nSPS) is 10.8. The van der Waals surface area contributed by atoms with Gasteiger partial charge in [0, 0.05) is 22.6 Å². The van der Waals surface area contributed by atoms with Gasteiger partial charge in [-0.1, -0.05) is 19.9 Å². The highest BCUT2D eigenvalue weighted by Gasteiger charge is 2.18. The quantitative estimate of drug-likeness (QED) is 0.740. The second-order valence-corrected chi connectivity index (χ2v) is 6.44. The monoisotopic (exact) mass is 385 g/mol. The van der Waals surface area contributed by atoms with Crippen LogP contribution in [0.15, 0.2) is 53.3 Å². The maximum atomic E-state index is 12.5. The molecule has 122 valence electrons. The SMILES string of the molecule is CC(C)c1cc(C(=O)Nc2ccc(Br)cn2)nn1-c1ccccn1. The first-order valence-corrected chi connectivity index (χ1v) is 8.28. The molecule has 0 aromatic carbocycles. The molecule has 0 saturated heterocycles. The number of nitrogens with zero attached hydrogens (tertiary/aromatic N) is 4. The van der Waals surface area contributed by atoms with Crippen molar-refractivity contribution in [3.63, 3.8) is 0 Å². The molecule has 3 rings (SSSR count). The zero-order valence-electron chi connectivity index (χ0n) is 13.3. The van der Waals surface area contributed by atoms with Gasteiger partial charge in [0.05, 0.1) is 0 Å². The second kappa shape index (κ2) is 6.92. The van der Waals surface area contributed by atoms with E-state index in [0.717, 1.165) is 10.2 Å². The van der Waals surface area contributed by atoms with Crippen LogP contribution in [0.5, 0.6) is 0 Å². The Hall–Kier alpha value is -2.54. The highest BCUT2D eigenvalue weighted by Crippen LogP contribution is 2.20. The summed E-state index contributed by atoms with van der Waals surface area (Å²) in [6.45, 7) is 4.10. The molecule has 1 N–H and O–H groups in total. The Morgan fingerprint density at radius 3 is 2.67 bits per heavy atom. The lowest BCUT2D eigenvalue weighted by atomic mass is 10.1. The molecule has 6 nitrogen and oxygen atoms in total. The highest BCUT2D eigenvalue weighted by molar-refractivity contribution is 9.10. The van der Waals surface area contributed by atoms with Gasteiger partial charge in [0.2, 0.25) is 0 Å². The van der Waals surface area contributed by atoms with Crippen LogP contribution in [0, 0.1) is 0 Å². The van der Waals surface area contributed by atoms with Crippen molar-refractivity contribution < 1.29 is 4.79 Å². The Morgan fingerprint density at radius 2 is 2.04 bits per heavy atom. The van der Waals surface area contributed by atoms with Crippen LogP contribution in [0.1, 0.15) is 35.9 Å². The third kappa shape index (κ3) is 3.51. The number of hydrogen-bond acceptors (Lipinski definition) is 4. The number of carbonyl (C=O) groups excluding carboxylic acids is 1. The van der Waals surface area contributed by atoms with Crippen molar-refractivity contribution >= 4 is 27.7 Å². The van der Waals surface area contributed by atoms with Crippen LogP contribution in [0.3, 0.4) is 0 Å². The van der Waals surface area contributed by atoms with Gasteiger partial charge in [-0.15, -0.1) is 0 Å². The third-order valence-corrected chi connectivity index (χ3v) is 3.87. The molecule has 0 radical (unpaired) electrons. The predicted molar refractivity (Wildman–Crippen MR) is 95.3 cm³/mol. The van der Waals surface area contributed by atoms with Crippen LogP contribution in [0.4, 0.5) is 5.82 Å². The third-order valence-electron chi connectivity index (χ3n) is 3.40. The molecule has 0 atom stereocenters. The zero-order chi connectivity index (χ0) is 17.1. The van der Waals surface area contributed by atoms with E-state index in [-0.39, 0.29) is 11.8 Å². The van der Waals surface area contributed by atoms with Gasteiger partial charge in [0.1, 0.15) is 5.82 Å². The molecule has 0 bridgehead atoms. The highest BCUT2D eigenvalue weighted by atomic mass is 79.9. The fourth-order valence-electron chi connectivity index (χ4n) is 2.21. The topological polar surface area (TPSA) is 72.7 Å². The minimum atomic E-state index is -0.304. The Bertz CT molecular complexity index is 843. The van der Waals surface area contributed by atoms with Gasteiger partial charge in [-0.2, -0.15) is 5.10 Å². The Balaban J connectivity index is 1.91. The Kier molecular flexibility index (Phi) is 4.71. The van der Waals surface area contributed by atoms with Gasteiger partial charge in [-0.25, -0.2) is 14.6 Å². The van der Waals surface area contributed by atoms with E-state index in [1.54, 1.807) is 29.2 Å². The average Bonchev–Trinajstić information content (AvgIpc) is 3.03. The lowest BCUT2D eigenvalue weighted by Gasteiger charge is -2.08. The first-order chi connectivity index (χ1) is 11.5. The Labute approximate surface area is 148 Å². The molecular formula is C17H16BrN5O. The fraction of sp³-hybridized carbons (Fsp3) is 0.176. The maximum Gasteiger partial charge on any atom is 0.277 e. The van der Waals surface area contributed by atoms with Crippen molar-refractivity contribution in [1.29, 1.82) is 0 Å².